The van der Waals surface area contributed by atoms with E-state index in [1.807, 2.05) is 4.90 Å². The first-order valence-electron chi connectivity index (χ1n) is 7.44. The van der Waals surface area contributed by atoms with E-state index in [0.29, 0.717) is 5.75 Å². The lowest BCUT2D eigenvalue weighted by atomic mass is 10.1. The average molecular weight is 326 g/mol. The summed E-state index contributed by atoms with van der Waals surface area (Å²) in [6, 6.07) is 6.14. The number of carbonyl (C=O) groups is 1. The molecule has 0 saturated carbocycles. The predicted molar refractivity (Wildman–Crippen MR) is 83.2 cm³/mol. The molecule has 7 heteroatoms. The highest BCUT2D eigenvalue weighted by Crippen LogP contribution is 2.15. The van der Waals surface area contributed by atoms with Gasteiger partial charge in [0.2, 0.25) is 15.9 Å². The number of rotatable bonds is 6. The number of ether oxygens (including phenoxy) is 1. The van der Waals surface area contributed by atoms with E-state index in [9.17, 15) is 13.2 Å². The predicted octanol–water partition coefficient (Wildman–Crippen LogP) is 1.38. The molecule has 122 valence electrons. The molecule has 1 aromatic rings. The molecule has 0 unspecified atom stereocenters. The number of methoxy groups -OCH3 is 1. The fourth-order valence-corrected chi connectivity index (χ4v) is 3.46. The fourth-order valence-electron chi connectivity index (χ4n) is 2.43. The zero-order valence-corrected chi connectivity index (χ0v) is 13.6. The Morgan fingerprint density at radius 1 is 1.18 bits per heavy atom. The van der Waals surface area contributed by atoms with E-state index >= 15 is 0 Å². The number of carbonyl (C=O) groups excluding carboxylic acids is 1. The van der Waals surface area contributed by atoms with Gasteiger partial charge in [0, 0.05) is 26.1 Å². The Bertz CT molecular complexity index is 592. The normalized spacial score (nSPS) is 15.6. The van der Waals surface area contributed by atoms with Crippen LogP contribution >= 0.6 is 0 Å². The minimum absolute atomic E-state index is 0.0112. The molecule has 0 spiro atoms. The number of hydrogen-bond donors (Lipinski definition) is 1. The van der Waals surface area contributed by atoms with Crippen LogP contribution in [-0.2, 0) is 14.8 Å². The van der Waals surface area contributed by atoms with Crippen LogP contribution in [0.2, 0.25) is 0 Å². The van der Waals surface area contributed by atoms with Gasteiger partial charge in [0.1, 0.15) is 5.75 Å². The maximum absolute atomic E-state index is 12.1. The van der Waals surface area contributed by atoms with Crippen molar-refractivity contribution in [2.45, 2.75) is 30.6 Å². The van der Waals surface area contributed by atoms with Crippen molar-refractivity contribution in [2.75, 3.05) is 26.7 Å². The van der Waals surface area contributed by atoms with Crippen molar-refractivity contribution in [2.24, 2.45) is 0 Å². The molecule has 1 N–H and O–H groups in total. The van der Waals surface area contributed by atoms with Gasteiger partial charge in [-0.15, -0.1) is 0 Å². The largest absolute Gasteiger partial charge is 0.497 e. The lowest BCUT2D eigenvalue weighted by Gasteiger charge is -2.26. The van der Waals surface area contributed by atoms with Gasteiger partial charge in [-0.05, 0) is 43.5 Å². The topological polar surface area (TPSA) is 75.7 Å². The second-order valence-electron chi connectivity index (χ2n) is 5.26. The molecule has 1 fully saturated rings. The standard InChI is InChI=1S/C15H22N2O4S/c1-21-13-5-7-14(8-6-13)22(19,20)16-10-9-15(18)17-11-3-2-4-12-17/h5-8,16H,2-4,9-12H2,1H3. The third-order valence-electron chi connectivity index (χ3n) is 3.71. The second kappa shape index (κ2) is 7.60. The molecule has 0 atom stereocenters. The van der Waals surface area contributed by atoms with Gasteiger partial charge < -0.3 is 9.64 Å². The van der Waals surface area contributed by atoms with Crippen LogP contribution in [0.1, 0.15) is 25.7 Å². The molecule has 1 amide bonds. The third-order valence-corrected chi connectivity index (χ3v) is 5.19. The van der Waals surface area contributed by atoms with E-state index in [1.165, 1.54) is 19.2 Å². The summed E-state index contributed by atoms with van der Waals surface area (Å²) in [6.07, 6.45) is 3.41. The summed E-state index contributed by atoms with van der Waals surface area (Å²) in [5, 5.41) is 0. The molecule has 0 aromatic heterocycles. The number of hydrogen-bond acceptors (Lipinski definition) is 4. The van der Waals surface area contributed by atoms with E-state index in [4.69, 9.17) is 4.74 Å². The number of amides is 1. The minimum atomic E-state index is -3.59. The molecule has 1 saturated heterocycles. The Balaban J connectivity index is 1.85. The lowest BCUT2D eigenvalue weighted by Crippen LogP contribution is -2.37. The molecular weight excluding hydrogens is 304 g/mol. The number of nitrogens with one attached hydrogen (secondary N) is 1. The highest BCUT2D eigenvalue weighted by molar-refractivity contribution is 7.89. The van der Waals surface area contributed by atoms with Gasteiger partial charge in [-0.1, -0.05) is 0 Å². The van der Waals surface area contributed by atoms with Gasteiger partial charge in [-0.25, -0.2) is 13.1 Å². The smallest absolute Gasteiger partial charge is 0.240 e. The summed E-state index contributed by atoms with van der Waals surface area (Å²) in [7, 11) is -2.07. The Morgan fingerprint density at radius 2 is 1.82 bits per heavy atom. The van der Waals surface area contributed by atoms with Crippen LogP contribution in [0.25, 0.3) is 0 Å². The van der Waals surface area contributed by atoms with Crippen molar-refractivity contribution in [3.63, 3.8) is 0 Å². The number of benzene rings is 1. The molecule has 2 rings (SSSR count). The maximum atomic E-state index is 12.1. The highest BCUT2D eigenvalue weighted by Gasteiger charge is 2.18. The Hall–Kier alpha value is -1.60. The highest BCUT2D eigenvalue weighted by atomic mass is 32.2. The summed E-state index contributed by atoms with van der Waals surface area (Å²) < 4.78 is 31.7. The van der Waals surface area contributed by atoms with Gasteiger partial charge in [0.25, 0.3) is 0 Å². The van der Waals surface area contributed by atoms with Gasteiger partial charge in [-0.2, -0.15) is 0 Å². The molecule has 0 aliphatic carbocycles. The molecular formula is C15H22N2O4S. The van der Waals surface area contributed by atoms with Crippen LogP contribution in [0.4, 0.5) is 0 Å². The summed E-state index contributed by atoms with van der Waals surface area (Å²) in [5.41, 5.74) is 0. The van der Waals surface area contributed by atoms with Crippen molar-refractivity contribution in [3.05, 3.63) is 24.3 Å². The second-order valence-corrected chi connectivity index (χ2v) is 7.03. The first kappa shape index (κ1) is 16.8. The van der Waals surface area contributed by atoms with Crippen molar-refractivity contribution in [3.8, 4) is 5.75 Å². The summed E-state index contributed by atoms with van der Waals surface area (Å²) in [5.74, 6) is 0.608. The molecule has 6 nitrogen and oxygen atoms in total. The van der Waals surface area contributed by atoms with E-state index in [1.54, 1.807) is 12.1 Å². The number of likely N-dealkylation sites (tertiary alicyclic amines) is 1. The van der Waals surface area contributed by atoms with Crippen molar-refractivity contribution in [1.82, 2.24) is 9.62 Å². The quantitative estimate of drug-likeness (QED) is 0.857. The third kappa shape index (κ3) is 4.45. The summed E-state index contributed by atoms with van der Waals surface area (Å²) >= 11 is 0. The number of piperidine rings is 1. The molecule has 1 heterocycles. The van der Waals surface area contributed by atoms with Crippen molar-refractivity contribution in [1.29, 1.82) is 0 Å². The zero-order valence-electron chi connectivity index (χ0n) is 12.7. The molecule has 1 aliphatic heterocycles. The van der Waals surface area contributed by atoms with E-state index in [2.05, 4.69) is 4.72 Å². The van der Waals surface area contributed by atoms with E-state index < -0.39 is 10.0 Å². The Morgan fingerprint density at radius 3 is 2.41 bits per heavy atom. The average Bonchev–Trinajstić information content (AvgIpc) is 2.55. The molecule has 0 bridgehead atoms. The van der Waals surface area contributed by atoms with Crippen molar-refractivity contribution < 1.29 is 17.9 Å². The van der Waals surface area contributed by atoms with Crippen LogP contribution < -0.4 is 9.46 Å². The Kier molecular flexibility index (Phi) is 5.79. The van der Waals surface area contributed by atoms with Crippen LogP contribution in [-0.4, -0.2) is 46.0 Å². The zero-order chi connectivity index (χ0) is 16.0. The molecule has 1 aliphatic rings. The van der Waals surface area contributed by atoms with Crippen LogP contribution in [0.15, 0.2) is 29.2 Å². The van der Waals surface area contributed by atoms with E-state index in [0.717, 1.165) is 32.4 Å². The first-order chi connectivity index (χ1) is 10.5. The first-order valence-corrected chi connectivity index (χ1v) is 8.93. The van der Waals surface area contributed by atoms with Crippen LogP contribution in [0, 0.1) is 0 Å². The Labute approximate surface area is 131 Å². The number of nitrogens with zero attached hydrogens (tertiary/aromatic N) is 1. The fraction of sp³-hybridized carbons (Fsp3) is 0.533. The molecule has 22 heavy (non-hydrogen) atoms. The minimum Gasteiger partial charge on any atom is -0.497 e. The summed E-state index contributed by atoms with van der Waals surface area (Å²) in [6.45, 7) is 1.68. The van der Waals surface area contributed by atoms with Gasteiger partial charge >= 0.3 is 0 Å². The van der Waals surface area contributed by atoms with Gasteiger partial charge in [0.05, 0.1) is 12.0 Å². The SMILES string of the molecule is COc1ccc(S(=O)(=O)NCCC(=O)N2CCCCC2)cc1. The maximum Gasteiger partial charge on any atom is 0.240 e. The van der Waals surface area contributed by atoms with Crippen LogP contribution in [0.3, 0.4) is 0 Å². The van der Waals surface area contributed by atoms with Gasteiger partial charge in [-0.3, -0.25) is 4.79 Å². The van der Waals surface area contributed by atoms with Crippen LogP contribution in [0.5, 0.6) is 5.75 Å². The van der Waals surface area contributed by atoms with Crippen molar-refractivity contribution >= 4 is 15.9 Å². The van der Waals surface area contributed by atoms with Gasteiger partial charge in [0.15, 0.2) is 0 Å². The molecule has 0 radical (unpaired) electrons. The monoisotopic (exact) mass is 326 g/mol. The summed E-state index contributed by atoms with van der Waals surface area (Å²) in [4.78, 5) is 14.0. The molecule has 1 aromatic carbocycles. The van der Waals surface area contributed by atoms with E-state index in [-0.39, 0.29) is 23.8 Å². The number of sulfonamides is 1. The lowest BCUT2D eigenvalue weighted by molar-refractivity contribution is -0.131.